The average Bonchev–Trinajstić information content (AvgIpc) is 3.72. The molecule has 2 aliphatic heterocycles. The van der Waals surface area contributed by atoms with Gasteiger partial charge in [-0.1, -0.05) is 205 Å². The summed E-state index contributed by atoms with van der Waals surface area (Å²) < 4.78 is 0. The second-order valence-electron chi connectivity index (χ2n) is 22.1. The van der Waals surface area contributed by atoms with Gasteiger partial charge in [0.25, 0.3) is 6.71 Å². The van der Waals surface area contributed by atoms with Crippen molar-refractivity contribution in [3.05, 3.63) is 276 Å². The van der Waals surface area contributed by atoms with Crippen molar-refractivity contribution < 1.29 is 0 Å². The lowest BCUT2D eigenvalue weighted by Crippen LogP contribution is -2.61. The maximum atomic E-state index is 2.58. The Balaban J connectivity index is 1.08. The van der Waals surface area contributed by atoms with Crippen LogP contribution in [0.5, 0.6) is 0 Å². The first-order valence-corrected chi connectivity index (χ1v) is 25.9. The van der Waals surface area contributed by atoms with E-state index in [0.29, 0.717) is 0 Å². The summed E-state index contributed by atoms with van der Waals surface area (Å²) in [6.45, 7) is 13.9. The topological polar surface area (TPSA) is 9.72 Å². The van der Waals surface area contributed by atoms with Crippen LogP contribution in [0.3, 0.4) is 0 Å². The third-order valence-corrected chi connectivity index (χ3v) is 15.8. The molecule has 1 aliphatic carbocycles. The average molecular weight is 940 g/mol. The van der Waals surface area contributed by atoms with E-state index in [1.807, 2.05) is 0 Å². The van der Waals surface area contributed by atoms with Crippen molar-refractivity contribution in [2.75, 3.05) is 14.7 Å². The third kappa shape index (κ3) is 7.02. The summed E-state index contributed by atoms with van der Waals surface area (Å²) in [6, 6.07) is 91.0. The minimum absolute atomic E-state index is 0.0131. The predicted octanol–water partition coefficient (Wildman–Crippen LogP) is 16.2. The highest BCUT2D eigenvalue weighted by Gasteiger charge is 2.48. The van der Waals surface area contributed by atoms with Gasteiger partial charge in [-0.15, -0.1) is 0 Å². The maximum Gasteiger partial charge on any atom is 0.252 e. The van der Waals surface area contributed by atoms with Gasteiger partial charge in [0.15, 0.2) is 0 Å². The molecule has 0 saturated heterocycles. The van der Waals surface area contributed by atoms with Crippen LogP contribution in [-0.4, -0.2) is 6.71 Å². The Labute approximate surface area is 431 Å². The van der Waals surface area contributed by atoms with Crippen molar-refractivity contribution >= 4 is 74.3 Å². The van der Waals surface area contributed by atoms with Crippen molar-refractivity contribution in [1.29, 1.82) is 0 Å². The van der Waals surface area contributed by atoms with Crippen molar-refractivity contribution in [1.82, 2.24) is 0 Å². The first kappa shape index (κ1) is 44.6. The molecule has 0 atom stereocenters. The van der Waals surface area contributed by atoms with E-state index in [1.165, 1.54) is 83.6 Å². The molecule has 0 unspecified atom stereocenters. The second kappa shape index (κ2) is 16.9. The second-order valence-corrected chi connectivity index (χ2v) is 22.1. The first-order chi connectivity index (χ1) is 35.5. The van der Waals surface area contributed by atoms with Crippen molar-refractivity contribution in [2.45, 2.75) is 57.8 Å². The van der Waals surface area contributed by atoms with Gasteiger partial charge < -0.3 is 14.7 Å². The maximum absolute atomic E-state index is 2.58. The Morgan fingerprint density at radius 2 is 0.877 bits per heavy atom. The zero-order valence-corrected chi connectivity index (χ0v) is 42.5. The van der Waals surface area contributed by atoms with Crippen molar-refractivity contribution in [3.8, 4) is 11.1 Å². The number of anilines is 9. The van der Waals surface area contributed by atoms with E-state index in [1.54, 1.807) is 0 Å². The smallest absolute Gasteiger partial charge is 0.252 e. The van der Waals surface area contributed by atoms with Crippen molar-refractivity contribution in [2.24, 2.45) is 0 Å². The molecule has 0 radical (unpaired) electrons. The highest BCUT2D eigenvalue weighted by molar-refractivity contribution is 7.00. The molecule has 73 heavy (non-hydrogen) atoms. The molecule has 0 saturated carbocycles. The standard InChI is InChI=1S/C69H58BN3/c1-67(2,3)47-34-37-53(38-35-47)72-63-32-21-33-64-66(63)70(60-42-40-55(46-65(60)72)71(51-26-15-9-16-27-51)52-28-17-10-18-29-52)61-44-50(68(4,5)6)36-43-62(61)73(64)54-39-41-57-56-30-19-20-31-58(56)69(59(57)45-54,48-22-11-7-12-23-48)49-24-13-8-14-25-49/h7-46H,1-6H3. The quantitative estimate of drug-likeness (QED) is 0.147. The highest BCUT2D eigenvalue weighted by Crippen LogP contribution is 2.58. The van der Waals surface area contributed by atoms with Gasteiger partial charge in [0.2, 0.25) is 0 Å². The predicted molar refractivity (Wildman–Crippen MR) is 310 cm³/mol. The molecule has 0 N–H and O–H groups in total. The highest BCUT2D eigenvalue weighted by atomic mass is 15.2. The molecular formula is C69H58BN3. The molecule has 2 heterocycles. The number of benzene rings is 10. The van der Waals surface area contributed by atoms with Gasteiger partial charge in [-0.25, -0.2) is 0 Å². The lowest BCUT2D eigenvalue weighted by Gasteiger charge is -2.45. The molecule has 3 nitrogen and oxygen atoms in total. The SMILES string of the molecule is CC(C)(C)c1ccc(N2c3cc(N(c4ccccc4)c4ccccc4)ccc3B3c4cc(C(C)(C)C)ccc4N(c4ccc5c(c4)C(c4ccccc4)(c4ccccc4)c4ccccc4-5)c4cccc2c43)cc1. The minimum atomic E-state index is -0.530. The molecule has 4 heteroatoms. The van der Waals surface area contributed by atoms with Gasteiger partial charge in [0.1, 0.15) is 0 Å². The number of rotatable bonds is 7. The van der Waals surface area contributed by atoms with Crippen LogP contribution in [-0.2, 0) is 16.2 Å². The molecular weight excluding hydrogens is 882 g/mol. The van der Waals surface area contributed by atoms with E-state index in [2.05, 4.69) is 299 Å². The number of fused-ring (bicyclic) bond motifs is 7. The summed E-state index contributed by atoms with van der Waals surface area (Å²) in [7, 11) is 0. The molecule has 10 aromatic rings. The Kier molecular flexibility index (Phi) is 10.3. The van der Waals surface area contributed by atoms with Crippen molar-refractivity contribution in [3.63, 3.8) is 0 Å². The monoisotopic (exact) mass is 939 g/mol. The summed E-state index contributed by atoms with van der Waals surface area (Å²) in [4.78, 5) is 7.51. The van der Waals surface area contributed by atoms with E-state index in [-0.39, 0.29) is 17.5 Å². The van der Waals surface area contributed by atoms with Gasteiger partial charge in [0.05, 0.1) is 5.41 Å². The minimum Gasteiger partial charge on any atom is -0.311 e. The van der Waals surface area contributed by atoms with Crippen LogP contribution in [0.4, 0.5) is 51.2 Å². The number of nitrogens with zero attached hydrogens (tertiary/aromatic N) is 3. The third-order valence-electron chi connectivity index (χ3n) is 15.8. The summed E-state index contributed by atoms with van der Waals surface area (Å²) in [5.74, 6) is 0. The molecule has 10 aromatic carbocycles. The van der Waals surface area contributed by atoms with Crippen LogP contribution in [0.25, 0.3) is 11.1 Å². The molecule has 0 fully saturated rings. The Morgan fingerprint density at radius 3 is 1.48 bits per heavy atom. The van der Waals surface area contributed by atoms with Gasteiger partial charge >= 0.3 is 0 Å². The fourth-order valence-electron chi connectivity index (χ4n) is 12.4. The summed E-state index contributed by atoms with van der Waals surface area (Å²) in [5, 5.41) is 0. The van der Waals surface area contributed by atoms with Crippen LogP contribution in [0, 0.1) is 0 Å². The van der Waals surface area contributed by atoms with Crippen LogP contribution in [0.2, 0.25) is 0 Å². The van der Waals surface area contributed by atoms with E-state index < -0.39 is 5.41 Å². The molecule has 352 valence electrons. The van der Waals surface area contributed by atoms with E-state index >= 15 is 0 Å². The van der Waals surface area contributed by atoms with E-state index in [9.17, 15) is 0 Å². The molecule has 13 rings (SSSR count). The Morgan fingerprint density at radius 1 is 0.356 bits per heavy atom. The normalized spacial score (nSPS) is 13.9. The Hall–Kier alpha value is -8.34. The van der Waals surface area contributed by atoms with Gasteiger partial charge in [-0.3, -0.25) is 0 Å². The first-order valence-electron chi connectivity index (χ1n) is 25.9. The molecule has 0 spiro atoms. The zero-order valence-electron chi connectivity index (χ0n) is 42.5. The lowest BCUT2D eigenvalue weighted by molar-refractivity contribution is 0.590. The summed E-state index contributed by atoms with van der Waals surface area (Å²) in [5.41, 5.74) is 24.0. The van der Waals surface area contributed by atoms with Gasteiger partial charge in [-0.05, 0) is 151 Å². The number of hydrogen-bond donors (Lipinski definition) is 0. The summed E-state index contributed by atoms with van der Waals surface area (Å²) >= 11 is 0. The van der Waals surface area contributed by atoms with Crippen LogP contribution in [0.15, 0.2) is 243 Å². The van der Waals surface area contributed by atoms with Gasteiger partial charge in [0, 0.05) is 51.2 Å². The molecule has 3 aliphatic rings. The zero-order chi connectivity index (χ0) is 49.6. The fraction of sp³-hybridized carbons (Fsp3) is 0.130. The van der Waals surface area contributed by atoms with Crippen LogP contribution < -0.4 is 31.1 Å². The molecule has 0 aromatic heterocycles. The lowest BCUT2D eigenvalue weighted by atomic mass is 9.33. The van der Waals surface area contributed by atoms with E-state index in [4.69, 9.17) is 0 Å². The van der Waals surface area contributed by atoms with Crippen LogP contribution >= 0.6 is 0 Å². The number of hydrogen-bond acceptors (Lipinski definition) is 3. The largest absolute Gasteiger partial charge is 0.311 e. The van der Waals surface area contributed by atoms with Crippen LogP contribution in [0.1, 0.15) is 74.9 Å². The number of para-hydroxylation sites is 2. The molecule has 0 amide bonds. The Bertz CT molecular complexity index is 3630. The van der Waals surface area contributed by atoms with Gasteiger partial charge in [-0.2, -0.15) is 0 Å². The molecule has 0 bridgehead atoms. The summed E-state index contributed by atoms with van der Waals surface area (Å²) in [6.07, 6.45) is 0. The van der Waals surface area contributed by atoms with E-state index in [0.717, 1.165) is 28.4 Å². The fourth-order valence-corrected chi connectivity index (χ4v) is 12.4.